The first-order valence-electron chi connectivity index (χ1n) is 3.02. The Bertz CT molecular complexity index is 257. The maximum absolute atomic E-state index is 10.8. The number of hydrogen-bond donors (Lipinski definition) is 0. The van der Waals surface area contributed by atoms with Crippen LogP contribution in [-0.2, 0) is 16.0 Å². The Labute approximate surface area is 73.7 Å². The molecule has 0 aliphatic heterocycles. The molecule has 0 saturated heterocycles. The largest absolute Gasteiger partial charge is 0.469 e. The number of halogens is 1. The fourth-order valence-corrected chi connectivity index (χ4v) is 1.74. The van der Waals surface area contributed by atoms with Crippen molar-refractivity contribution < 1.29 is 9.53 Å². The van der Waals surface area contributed by atoms with Gasteiger partial charge < -0.3 is 4.74 Å². The lowest BCUT2D eigenvalue weighted by Crippen LogP contribution is -2.02. The van der Waals surface area contributed by atoms with Crippen LogP contribution in [0.4, 0.5) is 0 Å². The highest BCUT2D eigenvalue weighted by atomic mass is 35.5. The summed E-state index contributed by atoms with van der Waals surface area (Å²) in [5, 5.41) is 2.49. The van der Waals surface area contributed by atoms with Crippen molar-refractivity contribution in [2.45, 2.75) is 6.42 Å². The predicted molar refractivity (Wildman–Crippen MR) is 45.0 cm³/mol. The predicted octanol–water partition coefficient (Wildman–Crippen LogP) is 2.12. The van der Waals surface area contributed by atoms with Crippen molar-refractivity contribution in [3.05, 3.63) is 21.3 Å². The summed E-state index contributed by atoms with van der Waals surface area (Å²) < 4.78 is 4.49. The minimum absolute atomic E-state index is 0.255. The second-order valence-corrected chi connectivity index (χ2v) is 3.35. The number of hydrogen-bond acceptors (Lipinski definition) is 3. The monoisotopic (exact) mass is 190 g/mol. The van der Waals surface area contributed by atoms with E-state index in [-0.39, 0.29) is 12.4 Å². The van der Waals surface area contributed by atoms with Crippen LogP contribution in [0.1, 0.15) is 4.88 Å². The molecule has 0 fully saturated rings. The molecule has 1 aromatic rings. The third-order valence-corrected chi connectivity index (χ3v) is 2.61. The van der Waals surface area contributed by atoms with Crippen molar-refractivity contribution >= 4 is 28.9 Å². The van der Waals surface area contributed by atoms with Crippen LogP contribution in [0, 0.1) is 0 Å². The summed E-state index contributed by atoms with van der Waals surface area (Å²) in [5.74, 6) is -0.255. The molecular weight excluding hydrogens is 184 g/mol. The summed E-state index contributed by atoms with van der Waals surface area (Å²) in [6.07, 6.45) is 0.271. The van der Waals surface area contributed by atoms with Gasteiger partial charge in [-0.2, -0.15) is 0 Å². The van der Waals surface area contributed by atoms with Gasteiger partial charge in [0, 0.05) is 4.88 Å². The first kappa shape index (κ1) is 8.56. The van der Waals surface area contributed by atoms with E-state index in [4.69, 9.17) is 11.6 Å². The molecule has 0 bridgehead atoms. The quantitative estimate of drug-likeness (QED) is 0.668. The van der Waals surface area contributed by atoms with E-state index in [1.165, 1.54) is 18.4 Å². The Morgan fingerprint density at radius 2 is 2.55 bits per heavy atom. The van der Waals surface area contributed by atoms with Gasteiger partial charge in [-0.15, -0.1) is 11.3 Å². The number of thiophene rings is 1. The fraction of sp³-hybridized carbons (Fsp3) is 0.286. The molecule has 1 rings (SSSR count). The molecule has 2 nitrogen and oxygen atoms in total. The summed E-state index contributed by atoms with van der Waals surface area (Å²) in [7, 11) is 1.36. The van der Waals surface area contributed by atoms with Gasteiger partial charge in [0.05, 0.1) is 18.6 Å². The Kier molecular flexibility index (Phi) is 2.91. The van der Waals surface area contributed by atoms with Crippen molar-refractivity contribution in [3.8, 4) is 0 Å². The van der Waals surface area contributed by atoms with Crippen LogP contribution in [0.2, 0.25) is 5.02 Å². The van der Waals surface area contributed by atoms with Crippen LogP contribution in [0.3, 0.4) is 0 Å². The third-order valence-electron chi connectivity index (χ3n) is 1.22. The minimum Gasteiger partial charge on any atom is -0.469 e. The Morgan fingerprint density at radius 1 is 1.82 bits per heavy atom. The lowest BCUT2D eigenvalue weighted by molar-refractivity contribution is -0.139. The van der Waals surface area contributed by atoms with Gasteiger partial charge in [-0.1, -0.05) is 11.6 Å². The van der Waals surface area contributed by atoms with E-state index in [0.29, 0.717) is 5.02 Å². The van der Waals surface area contributed by atoms with E-state index in [1.807, 2.05) is 5.38 Å². The highest BCUT2D eigenvalue weighted by Gasteiger charge is 2.07. The van der Waals surface area contributed by atoms with Crippen LogP contribution < -0.4 is 0 Å². The second kappa shape index (κ2) is 3.74. The van der Waals surface area contributed by atoms with Gasteiger partial charge in [0.15, 0.2) is 0 Å². The zero-order valence-electron chi connectivity index (χ0n) is 5.96. The zero-order valence-corrected chi connectivity index (χ0v) is 7.54. The summed E-state index contributed by atoms with van der Waals surface area (Å²) in [6.45, 7) is 0. The number of carbonyl (C=O) groups is 1. The van der Waals surface area contributed by atoms with Crippen LogP contribution in [0.15, 0.2) is 11.4 Å². The van der Waals surface area contributed by atoms with Crippen molar-refractivity contribution in [2.24, 2.45) is 0 Å². The summed E-state index contributed by atoms with van der Waals surface area (Å²) in [5.41, 5.74) is 0. The average molecular weight is 191 g/mol. The first-order chi connectivity index (χ1) is 5.24. The van der Waals surface area contributed by atoms with Gasteiger partial charge in [-0.3, -0.25) is 4.79 Å². The molecule has 0 saturated carbocycles. The van der Waals surface area contributed by atoms with Crippen molar-refractivity contribution in [1.29, 1.82) is 0 Å². The highest BCUT2D eigenvalue weighted by molar-refractivity contribution is 7.10. The lowest BCUT2D eigenvalue weighted by Gasteiger charge is -1.95. The Hall–Kier alpha value is -0.540. The van der Waals surface area contributed by atoms with Crippen LogP contribution in [0.25, 0.3) is 0 Å². The van der Waals surface area contributed by atoms with E-state index in [0.717, 1.165) is 4.88 Å². The molecule has 11 heavy (non-hydrogen) atoms. The van der Waals surface area contributed by atoms with Gasteiger partial charge in [0.25, 0.3) is 0 Å². The maximum Gasteiger partial charge on any atom is 0.310 e. The molecule has 1 heterocycles. The van der Waals surface area contributed by atoms with Crippen LogP contribution in [0.5, 0.6) is 0 Å². The standard InChI is InChI=1S/C7H7ClO2S/c1-10-7(9)4-6-5(8)2-3-11-6/h2-3H,4H2,1H3. The van der Waals surface area contributed by atoms with Gasteiger partial charge in [-0.05, 0) is 11.4 Å². The fourth-order valence-electron chi connectivity index (χ4n) is 0.654. The molecule has 4 heteroatoms. The molecule has 0 unspecified atom stereocenters. The number of esters is 1. The molecule has 0 atom stereocenters. The van der Waals surface area contributed by atoms with Crippen molar-refractivity contribution in [2.75, 3.05) is 7.11 Å². The molecule has 0 amide bonds. The van der Waals surface area contributed by atoms with Crippen molar-refractivity contribution in [3.63, 3.8) is 0 Å². The van der Waals surface area contributed by atoms with Crippen LogP contribution in [-0.4, -0.2) is 13.1 Å². The molecule has 0 radical (unpaired) electrons. The van der Waals surface area contributed by atoms with E-state index in [1.54, 1.807) is 6.07 Å². The Balaban J connectivity index is 2.64. The van der Waals surface area contributed by atoms with Gasteiger partial charge in [0.1, 0.15) is 0 Å². The molecular formula is C7H7ClO2S. The average Bonchev–Trinajstić information content (AvgIpc) is 2.37. The van der Waals surface area contributed by atoms with Gasteiger partial charge >= 0.3 is 5.97 Å². The maximum atomic E-state index is 10.8. The third kappa shape index (κ3) is 2.20. The van der Waals surface area contributed by atoms with Gasteiger partial charge in [-0.25, -0.2) is 0 Å². The number of methoxy groups -OCH3 is 1. The smallest absolute Gasteiger partial charge is 0.310 e. The topological polar surface area (TPSA) is 26.3 Å². The second-order valence-electron chi connectivity index (χ2n) is 1.94. The molecule has 0 N–H and O–H groups in total. The Morgan fingerprint density at radius 3 is 3.00 bits per heavy atom. The zero-order chi connectivity index (χ0) is 8.27. The van der Waals surface area contributed by atoms with E-state index >= 15 is 0 Å². The number of ether oxygens (including phenoxy) is 1. The molecule has 60 valence electrons. The van der Waals surface area contributed by atoms with Crippen LogP contribution >= 0.6 is 22.9 Å². The molecule has 0 spiro atoms. The minimum atomic E-state index is -0.255. The van der Waals surface area contributed by atoms with Crippen molar-refractivity contribution in [1.82, 2.24) is 0 Å². The van der Waals surface area contributed by atoms with E-state index < -0.39 is 0 Å². The summed E-state index contributed by atoms with van der Waals surface area (Å²) in [6, 6.07) is 1.77. The number of rotatable bonds is 2. The molecule has 0 aliphatic rings. The summed E-state index contributed by atoms with van der Waals surface area (Å²) >= 11 is 7.20. The highest BCUT2D eigenvalue weighted by Crippen LogP contribution is 2.22. The normalized spacial score (nSPS) is 9.64. The van der Waals surface area contributed by atoms with E-state index in [2.05, 4.69) is 4.74 Å². The van der Waals surface area contributed by atoms with Gasteiger partial charge in [0.2, 0.25) is 0 Å². The van der Waals surface area contributed by atoms with E-state index in [9.17, 15) is 4.79 Å². The molecule has 1 aromatic heterocycles. The summed E-state index contributed by atoms with van der Waals surface area (Å²) in [4.78, 5) is 11.6. The molecule has 0 aliphatic carbocycles. The molecule has 0 aromatic carbocycles. The first-order valence-corrected chi connectivity index (χ1v) is 4.28. The lowest BCUT2D eigenvalue weighted by atomic mass is 10.3. The SMILES string of the molecule is COC(=O)Cc1sccc1Cl. The number of carbonyl (C=O) groups excluding carboxylic acids is 1.